The number of carbonyl (C=O) groups is 2. The predicted molar refractivity (Wildman–Crippen MR) is 122 cm³/mol. The van der Waals surface area contributed by atoms with Gasteiger partial charge >= 0.3 is 6.09 Å². The second-order valence-electron chi connectivity index (χ2n) is 8.19. The number of hydrogen-bond acceptors (Lipinski definition) is 6. The van der Waals surface area contributed by atoms with Crippen molar-refractivity contribution in [3.05, 3.63) is 77.2 Å². The largest absolute Gasteiger partial charge is 0.439 e. The molecule has 0 N–H and O–H groups in total. The van der Waals surface area contributed by atoms with Crippen molar-refractivity contribution < 1.29 is 19.1 Å². The first-order valence-corrected chi connectivity index (χ1v) is 10.9. The minimum atomic E-state index is -0.765. The highest BCUT2D eigenvalue weighted by atomic mass is 35.5. The van der Waals surface area contributed by atoms with Crippen molar-refractivity contribution >= 4 is 29.3 Å². The van der Waals surface area contributed by atoms with E-state index in [9.17, 15) is 9.59 Å². The lowest BCUT2D eigenvalue weighted by molar-refractivity contribution is 0.0552. The van der Waals surface area contributed by atoms with E-state index < -0.39 is 11.7 Å². The number of likely N-dealkylation sites (tertiary alicyclic amines) is 1. The molecule has 2 amide bonds. The summed E-state index contributed by atoms with van der Waals surface area (Å²) in [5.74, 6) is 0.471. The van der Waals surface area contributed by atoms with Crippen molar-refractivity contribution in [1.82, 2.24) is 14.9 Å². The van der Waals surface area contributed by atoms with Gasteiger partial charge in [0.2, 0.25) is 5.88 Å². The summed E-state index contributed by atoms with van der Waals surface area (Å²) < 4.78 is 11.6. The molecule has 5 rings (SSSR count). The molecule has 33 heavy (non-hydrogen) atoms. The Kier molecular flexibility index (Phi) is 5.38. The zero-order valence-electron chi connectivity index (χ0n) is 17.9. The lowest BCUT2D eigenvalue weighted by Gasteiger charge is -2.22. The Morgan fingerprint density at radius 2 is 2.03 bits per heavy atom. The molecule has 2 aliphatic rings. The molecule has 2 saturated heterocycles. The fourth-order valence-electron chi connectivity index (χ4n) is 4.13. The number of ether oxygens (including phenoxy) is 2. The molecule has 2 fully saturated rings. The number of aryl methyl sites for hydroxylation is 1. The van der Waals surface area contributed by atoms with Gasteiger partial charge in [-0.3, -0.25) is 14.7 Å². The molecule has 9 heteroatoms. The quantitative estimate of drug-likeness (QED) is 0.566. The van der Waals surface area contributed by atoms with Crippen LogP contribution in [0.5, 0.6) is 11.6 Å². The maximum atomic E-state index is 13.3. The Labute approximate surface area is 195 Å². The molecular weight excluding hydrogens is 444 g/mol. The van der Waals surface area contributed by atoms with Crippen LogP contribution in [0.3, 0.4) is 0 Å². The highest BCUT2D eigenvalue weighted by Gasteiger charge is 2.51. The summed E-state index contributed by atoms with van der Waals surface area (Å²) in [5, 5.41) is 0.539. The van der Waals surface area contributed by atoms with Crippen LogP contribution in [0.15, 0.2) is 60.9 Å². The van der Waals surface area contributed by atoms with Crippen molar-refractivity contribution in [1.29, 1.82) is 0 Å². The molecular formula is C24H21ClN4O4. The number of amides is 2. The van der Waals surface area contributed by atoms with E-state index in [0.29, 0.717) is 41.5 Å². The van der Waals surface area contributed by atoms with Gasteiger partial charge in [0, 0.05) is 35.6 Å². The Morgan fingerprint density at radius 1 is 1.15 bits per heavy atom. The van der Waals surface area contributed by atoms with Gasteiger partial charge in [-0.2, -0.15) is 0 Å². The summed E-state index contributed by atoms with van der Waals surface area (Å²) in [4.78, 5) is 37.6. The molecule has 1 spiro atoms. The highest BCUT2D eigenvalue weighted by Crippen LogP contribution is 2.36. The Balaban J connectivity index is 1.33. The zero-order valence-corrected chi connectivity index (χ0v) is 18.7. The van der Waals surface area contributed by atoms with Crippen LogP contribution in [0.1, 0.15) is 22.5 Å². The van der Waals surface area contributed by atoms with Crippen molar-refractivity contribution in [3.63, 3.8) is 0 Å². The summed E-state index contributed by atoms with van der Waals surface area (Å²) in [7, 11) is 0. The van der Waals surface area contributed by atoms with Crippen molar-refractivity contribution in [2.45, 2.75) is 18.9 Å². The molecule has 4 heterocycles. The van der Waals surface area contributed by atoms with Crippen LogP contribution in [-0.2, 0) is 4.74 Å². The monoisotopic (exact) mass is 464 g/mol. The Morgan fingerprint density at radius 3 is 2.82 bits per heavy atom. The van der Waals surface area contributed by atoms with Gasteiger partial charge in [0.25, 0.3) is 5.91 Å². The summed E-state index contributed by atoms with van der Waals surface area (Å²) in [5.41, 5.74) is 1.11. The van der Waals surface area contributed by atoms with Crippen LogP contribution in [-0.4, -0.2) is 52.1 Å². The number of carbonyl (C=O) groups excluding carboxylic acids is 2. The third-order valence-corrected chi connectivity index (χ3v) is 6.03. The van der Waals surface area contributed by atoms with Crippen molar-refractivity contribution in [2.24, 2.45) is 0 Å². The molecule has 1 atom stereocenters. The van der Waals surface area contributed by atoms with Crippen LogP contribution in [0.4, 0.5) is 10.5 Å². The van der Waals surface area contributed by atoms with Crippen LogP contribution in [0.25, 0.3) is 0 Å². The van der Waals surface area contributed by atoms with Crippen LogP contribution < -0.4 is 9.64 Å². The van der Waals surface area contributed by atoms with E-state index in [1.165, 1.54) is 0 Å². The number of anilines is 1. The maximum absolute atomic E-state index is 13.3. The summed E-state index contributed by atoms with van der Waals surface area (Å²) in [6.45, 7) is 2.97. The summed E-state index contributed by atoms with van der Waals surface area (Å²) in [6.07, 6.45) is 3.26. The molecule has 0 radical (unpaired) electrons. The molecule has 168 valence electrons. The van der Waals surface area contributed by atoms with Gasteiger partial charge in [-0.1, -0.05) is 17.7 Å². The first-order chi connectivity index (χ1) is 15.9. The van der Waals surface area contributed by atoms with E-state index in [1.54, 1.807) is 58.6 Å². The molecule has 8 nitrogen and oxygen atoms in total. The molecule has 2 aromatic heterocycles. The van der Waals surface area contributed by atoms with Crippen molar-refractivity contribution in [2.75, 3.05) is 24.5 Å². The number of halogens is 1. The number of nitrogens with zero attached hydrogens (tertiary/aromatic N) is 4. The van der Waals surface area contributed by atoms with Crippen LogP contribution in [0.2, 0.25) is 5.02 Å². The van der Waals surface area contributed by atoms with Gasteiger partial charge < -0.3 is 14.4 Å². The normalized spacial score (nSPS) is 19.8. The van der Waals surface area contributed by atoms with Crippen LogP contribution in [0, 0.1) is 6.92 Å². The van der Waals surface area contributed by atoms with Gasteiger partial charge in [0.05, 0.1) is 19.3 Å². The molecule has 0 bridgehead atoms. The van der Waals surface area contributed by atoms with Crippen LogP contribution >= 0.6 is 11.6 Å². The molecule has 1 aromatic carbocycles. The number of aromatic nitrogens is 2. The second-order valence-corrected chi connectivity index (χ2v) is 8.62. The average molecular weight is 465 g/mol. The minimum absolute atomic E-state index is 0.207. The van der Waals surface area contributed by atoms with E-state index in [4.69, 9.17) is 21.1 Å². The second kappa shape index (κ2) is 8.37. The Bertz CT molecular complexity index is 1220. The number of rotatable bonds is 4. The minimum Gasteiger partial charge on any atom is -0.439 e. The number of hydrogen-bond donors (Lipinski definition) is 0. The fourth-order valence-corrected chi connectivity index (χ4v) is 4.31. The van der Waals surface area contributed by atoms with E-state index >= 15 is 0 Å². The molecule has 2 aliphatic heterocycles. The lowest BCUT2D eigenvalue weighted by atomic mass is 10.0. The molecule has 3 aromatic rings. The van der Waals surface area contributed by atoms with E-state index in [2.05, 4.69) is 9.97 Å². The smallest absolute Gasteiger partial charge is 0.415 e. The fraction of sp³-hybridized carbons (Fsp3) is 0.250. The third kappa shape index (κ3) is 4.21. The SMILES string of the molecule is Cc1ccc(Oc2ncccc2C(=O)N2CC[C@@]3(C2)CN(c2cccc(Cl)c2)C(=O)O3)cn1. The average Bonchev–Trinajstić information content (AvgIpc) is 3.37. The molecule has 0 saturated carbocycles. The summed E-state index contributed by atoms with van der Waals surface area (Å²) >= 11 is 6.08. The van der Waals surface area contributed by atoms with Crippen molar-refractivity contribution in [3.8, 4) is 11.6 Å². The standard InChI is InChI=1S/C24H21ClN4O4/c1-16-7-8-19(13-27-16)32-21-20(6-3-10-26-21)22(30)28-11-9-24(14-28)15-29(23(31)33-24)18-5-2-4-17(25)12-18/h2-8,10,12-13H,9,11,14-15H2,1H3/t24-/m1/s1. The van der Waals surface area contributed by atoms with Gasteiger partial charge in [0.1, 0.15) is 11.3 Å². The van der Waals surface area contributed by atoms with Gasteiger partial charge in [-0.25, -0.2) is 9.78 Å². The third-order valence-electron chi connectivity index (χ3n) is 5.79. The Hall–Kier alpha value is -3.65. The van der Waals surface area contributed by atoms with E-state index in [1.807, 2.05) is 19.1 Å². The first-order valence-electron chi connectivity index (χ1n) is 10.5. The molecule has 0 unspecified atom stereocenters. The van der Waals surface area contributed by atoms with Gasteiger partial charge in [-0.15, -0.1) is 0 Å². The van der Waals surface area contributed by atoms with Gasteiger partial charge in [0.15, 0.2) is 5.60 Å². The van der Waals surface area contributed by atoms with E-state index in [-0.39, 0.29) is 18.3 Å². The van der Waals surface area contributed by atoms with E-state index in [0.717, 1.165) is 5.69 Å². The molecule has 0 aliphatic carbocycles. The highest BCUT2D eigenvalue weighted by molar-refractivity contribution is 6.30. The van der Waals surface area contributed by atoms with Gasteiger partial charge in [-0.05, 0) is 49.4 Å². The zero-order chi connectivity index (χ0) is 23.0. The lowest BCUT2D eigenvalue weighted by Crippen LogP contribution is -2.39. The maximum Gasteiger partial charge on any atom is 0.415 e. The number of benzene rings is 1. The topological polar surface area (TPSA) is 84.9 Å². The summed E-state index contributed by atoms with van der Waals surface area (Å²) in [6, 6.07) is 14.0. The first kappa shape index (κ1) is 21.2. The number of pyridine rings is 2. The predicted octanol–water partition coefficient (Wildman–Crippen LogP) is 4.47.